The van der Waals surface area contributed by atoms with Crippen molar-refractivity contribution in [3.63, 3.8) is 0 Å². The zero-order chi connectivity index (χ0) is 11.9. The van der Waals surface area contributed by atoms with Crippen molar-refractivity contribution in [1.82, 2.24) is 4.98 Å². The molecule has 3 N–H and O–H groups in total. The minimum absolute atomic E-state index is 0.287. The molecule has 0 bridgehead atoms. The van der Waals surface area contributed by atoms with Gasteiger partial charge < -0.3 is 5.43 Å². The number of hydrogen-bond donors (Lipinski definition) is 2. The molecule has 1 aromatic heterocycles. The molecule has 0 radical (unpaired) electrons. The maximum Gasteiger partial charge on any atom is 0.125 e. The lowest BCUT2D eigenvalue weighted by molar-refractivity contribution is 0.629. The summed E-state index contributed by atoms with van der Waals surface area (Å²) in [4.78, 5) is 4.33. The molecule has 2 rings (SSSR count). The predicted molar refractivity (Wildman–Crippen MR) is 64.0 cm³/mol. The molecule has 0 amide bonds. The summed E-state index contributed by atoms with van der Waals surface area (Å²) < 4.78 is 13.3. The van der Waals surface area contributed by atoms with Gasteiger partial charge in [-0.3, -0.25) is 10.8 Å². The third kappa shape index (κ3) is 1.60. The Balaban J connectivity index is 2.96. The van der Waals surface area contributed by atoms with Gasteiger partial charge in [-0.1, -0.05) is 11.6 Å². The molecule has 0 aliphatic carbocycles. The van der Waals surface area contributed by atoms with Gasteiger partial charge in [0, 0.05) is 11.1 Å². The summed E-state index contributed by atoms with van der Waals surface area (Å²) in [5, 5.41) is 0.880. The highest BCUT2D eigenvalue weighted by Gasteiger charge is 2.12. The lowest BCUT2D eigenvalue weighted by atomic mass is 10.1. The molecule has 84 valence electrons. The van der Waals surface area contributed by atoms with Crippen molar-refractivity contribution in [2.45, 2.75) is 13.8 Å². The number of nitrogens with one attached hydrogen (secondary N) is 1. The van der Waals surface area contributed by atoms with Gasteiger partial charge in [0.15, 0.2) is 0 Å². The maximum absolute atomic E-state index is 13.3. The van der Waals surface area contributed by atoms with Gasteiger partial charge in [-0.2, -0.15) is 0 Å². The molecule has 5 heteroatoms. The van der Waals surface area contributed by atoms with Crippen LogP contribution in [-0.4, -0.2) is 4.98 Å². The highest BCUT2D eigenvalue weighted by molar-refractivity contribution is 6.35. The number of nitrogens with two attached hydrogens (primary N) is 1. The standard InChI is InChI=1S/C11H11ClFN3/c1-5-6(2)15-11-8(10(5)16-14)3-7(13)4-9(11)12/h3-4H,14H2,1-2H3,(H,15,16). The first-order valence-corrected chi connectivity index (χ1v) is 5.15. The molecule has 0 fully saturated rings. The molecular formula is C11H11ClFN3. The summed E-state index contributed by atoms with van der Waals surface area (Å²) in [6.45, 7) is 3.73. The molecule has 0 saturated heterocycles. The van der Waals surface area contributed by atoms with Crippen LogP contribution in [-0.2, 0) is 0 Å². The van der Waals surface area contributed by atoms with Crippen LogP contribution >= 0.6 is 11.6 Å². The quantitative estimate of drug-likeness (QED) is 0.594. The molecule has 0 spiro atoms. The minimum atomic E-state index is -0.404. The van der Waals surface area contributed by atoms with Crippen LogP contribution in [0.25, 0.3) is 10.9 Å². The van der Waals surface area contributed by atoms with E-state index in [0.717, 1.165) is 11.3 Å². The fourth-order valence-corrected chi connectivity index (χ4v) is 1.94. The lowest BCUT2D eigenvalue weighted by Gasteiger charge is -2.12. The van der Waals surface area contributed by atoms with E-state index in [1.807, 2.05) is 13.8 Å². The molecule has 0 aliphatic heterocycles. The summed E-state index contributed by atoms with van der Waals surface area (Å²) in [5.41, 5.74) is 5.48. The van der Waals surface area contributed by atoms with E-state index in [9.17, 15) is 4.39 Å². The van der Waals surface area contributed by atoms with Crippen molar-refractivity contribution in [2.75, 3.05) is 5.43 Å². The van der Waals surface area contributed by atoms with Gasteiger partial charge in [0.1, 0.15) is 5.82 Å². The van der Waals surface area contributed by atoms with Crippen LogP contribution in [0.3, 0.4) is 0 Å². The largest absolute Gasteiger partial charge is 0.323 e. The molecule has 0 atom stereocenters. The molecular weight excluding hydrogens is 229 g/mol. The van der Waals surface area contributed by atoms with Crippen LogP contribution in [0, 0.1) is 19.7 Å². The average molecular weight is 240 g/mol. The van der Waals surface area contributed by atoms with Gasteiger partial charge in [-0.15, -0.1) is 0 Å². The average Bonchev–Trinajstić information content (AvgIpc) is 2.22. The second kappa shape index (κ2) is 3.88. The second-order valence-electron chi connectivity index (χ2n) is 3.63. The van der Waals surface area contributed by atoms with Gasteiger partial charge >= 0.3 is 0 Å². The van der Waals surface area contributed by atoms with Gasteiger partial charge in [0.2, 0.25) is 0 Å². The Labute approximate surface area is 97.4 Å². The fourth-order valence-electron chi connectivity index (χ4n) is 1.69. The van der Waals surface area contributed by atoms with E-state index in [1.165, 1.54) is 12.1 Å². The molecule has 0 saturated carbocycles. The van der Waals surface area contributed by atoms with E-state index < -0.39 is 5.82 Å². The third-order valence-electron chi connectivity index (χ3n) is 2.64. The number of nitrogen functional groups attached to an aromatic ring is 1. The molecule has 2 aromatic rings. The van der Waals surface area contributed by atoms with Crippen molar-refractivity contribution in [2.24, 2.45) is 5.84 Å². The number of benzene rings is 1. The number of aryl methyl sites for hydroxylation is 1. The van der Waals surface area contributed by atoms with Crippen LogP contribution in [0.1, 0.15) is 11.3 Å². The number of halogens is 2. The monoisotopic (exact) mass is 239 g/mol. The van der Waals surface area contributed by atoms with Crippen LogP contribution in [0.5, 0.6) is 0 Å². The number of nitrogens with zero attached hydrogens (tertiary/aromatic N) is 1. The molecule has 16 heavy (non-hydrogen) atoms. The van der Waals surface area contributed by atoms with Gasteiger partial charge in [-0.25, -0.2) is 4.39 Å². The van der Waals surface area contributed by atoms with Crippen molar-refractivity contribution < 1.29 is 4.39 Å². The first-order chi connectivity index (χ1) is 7.54. The zero-order valence-electron chi connectivity index (χ0n) is 8.94. The molecule has 3 nitrogen and oxygen atoms in total. The smallest absolute Gasteiger partial charge is 0.125 e. The maximum atomic E-state index is 13.3. The Morgan fingerprint density at radius 1 is 1.38 bits per heavy atom. The fraction of sp³-hybridized carbons (Fsp3) is 0.182. The van der Waals surface area contributed by atoms with E-state index in [2.05, 4.69) is 10.4 Å². The highest BCUT2D eigenvalue weighted by atomic mass is 35.5. The summed E-state index contributed by atoms with van der Waals surface area (Å²) in [6, 6.07) is 2.61. The first-order valence-electron chi connectivity index (χ1n) is 4.77. The van der Waals surface area contributed by atoms with Crippen molar-refractivity contribution in [1.29, 1.82) is 0 Å². The van der Waals surface area contributed by atoms with Gasteiger partial charge in [0.05, 0.1) is 16.2 Å². The Bertz CT molecular complexity index is 569. The minimum Gasteiger partial charge on any atom is -0.323 e. The van der Waals surface area contributed by atoms with Gasteiger partial charge in [-0.05, 0) is 31.5 Å². The molecule has 1 aromatic carbocycles. The van der Waals surface area contributed by atoms with Crippen LogP contribution in [0.15, 0.2) is 12.1 Å². The number of pyridine rings is 1. The van der Waals surface area contributed by atoms with E-state index >= 15 is 0 Å². The molecule has 0 unspecified atom stereocenters. The molecule has 1 heterocycles. The second-order valence-corrected chi connectivity index (χ2v) is 4.03. The van der Waals surface area contributed by atoms with Crippen LogP contribution in [0.2, 0.25) is 5.02 Å². The zero-order valence-corrected chi connectivity index (χ0v) is 9.69. The topological polar surface area (TPSA) is 50.9 Å². The third-order valence-corrected chi connectivity index (χ3v) is 2.93. The Hall–Kier alpha value is -1.39. The number of rotatable bonds is 1. The van der Waals surface area contributed by atoms with E-state index in [0.29, 0.717) is 16.6 Å². The number of aromatic nitrogens is 1. The van der Waals surface area contributed by atoms with Crippen molar-refractivity contribution in [3.8, 4) is 0 Å². The summed E-state index contributed by atoms with van der Waals surface area (Å²) in [5.74, 6) is 5.04. The lowest BCUT2D eigenvalue weighted by Crippen LogP contribution is -2.10. The SMILES string of the molecule is Cc1nc2c(Cl)cc(F)cc2c(NN)c1C. The van der Waals surface area contributed by atoms with E-state index in [-0.39, 0.29) is 5.02 Å². The summed E-state index contributed by atoms with van der Waals surface area (Å²) in [6.07, 6.45) is 0. The number of fused-ring (bicyclic) bond motifs is 1. The number of anilines is 1. The van der Waals surface area contributed by atoms with E-state index in [4.69, 9.17) is 17.4 Å². The normalized spacial score (nSPS) is 10.8. The summed E-state index contributed by atoms with van der Waals surface area (Å²) >= 11 is 5.94. The van der Waals surface area contributed by atoms with Crippen LogP contribution in [0.4, 0.5) is 10.1 Å². The van der Waals surface area contributed by atoms with E-state index in [1.54, 1.807) is 0 Å². The van der Waals surface area contributed by atoms with Gasteiger partial charge in [0.25, 0.3) is 0 Å². The predicted octanol–water partition coefficient (Wildman–Crippen LogP) is 2.93. The van der Waals surface area contributed by atoms with Crippen LogP contribution < -0.4 is 11.3 Å². The number of hydrazine groups is 1. The highest BCUT2D eigenvalue weighted by Crippen LogP contribution is 2.31. The Morgan fingerprint density at radius 2 is 2.06 bits per heavy atom. The Morgan fingerprint density at radius 3 is 2.69 bits per heavy atom. The molecule has 0 aliphatic rings. The van der Waals surface area contributed by atoms with Crippen molar-refractivity contribution >= 4 is 28.2 Å². The summed E-state index contributed by atoms with van der Waals surface area (Å²) in [7, 11) is 0. The van der Waals surface area contributed by atoms with Crippen molar-refractivity contribution in [3.05, 3.63) is 34.2 Å². The Kier molecular flexibility index (Phi) is 2.69. The number of hydrogen-bond acceptors (Lipinski definition) is 3. The first kappa shape index (κ1) is 11.1.